The van der Waals surface area contributed by atoms with Crippen LogP contribution in [0.15, 0.2) is 60.7 Å². The van der Waals surface area contributed by atoms with Crippen molar-refractivity contribution in [3.05, 3.63) is 82.9 Å². The van der Waals surface area contributed by atoms with Crippen LogP contribution in [0.5, 0.6) is 0 Å². The highest BCUT2D eigenvalue weighted by atomic mass is 16.2. The maximum absolute atomic E-state index is 12.7. The van der Waals surface area contributed by atoms with E-state index in [1.54, 1.807) is 18.2 Å². The third kappa shape index (κ3) is 2.93. The number of carbonyl (C=O) groups excluding carboxylic acids is 2. The number of amides is 2. The van der Waals surface area contributed by atoms with Crippen LogP contribution in [0.25, 0.3) is 10.8 Å². The van der Waals surface area contributed by atoms with Gasteiger partial charge in [0.1, 0.15) is 0 Å². The minimum atomic E-state index is -0.278. The maximum Gasteiger partial charge on any atom is 0.251 e. The average Bonchev–Trinajstić information content (AvgIpc) is 3.06. The van der Waals surface area contributed by atoms with Crippen molar-refractivity contribution < 1.29 is 9.59 Å². The van der Waals surface area contributed by atoms with Gasteiger partial charge in [0.25, 0.3) is 11.8 Å². The van der Waals surface area contributed by atoms with Crippen LogP contribution in [0.2, 0.25) is 0 Å². The maximum atomic E-state index is 12.7. The van der Waals surface area contributed by atoms with Crippen molar-refractivity contribution in [2.45, 2.75) is 12.6 Å². The third-order valence-electron chi connectivity index (χ3n) is 4.77. The molecule has 0 aliphatic carbocycles. The van der Waals surface area contributed by atoms with Gasteiger partial charge in [-0.2, -0.15) is 0 Å². The number of hydrogen-bond acceptors (Lipinski definition) is 3. The molecule has 0 saturated heterocycles. The predicted octanol–water partition coefficient (Wildman–Crippen LogP) is 2.51. The molecule has 3 aromatic carbocycles. The largest absolute Gasteiger partial charge is 0.348 e. The molecule has 5 heteroatoms. The van der Waals surface area contributed by atoms with Crippen molar-refractivity contribution in [1.29, 1.82) is 0 Å². The minimum absolute atomic E-state index is 0.0945. The summed E-state index contributed by atoms with van der Waals surface area (Å²) >= 11 is 0. The molecule has 0 bridgehead atoms. The van der Waals surface area contributed by atoms with E-state index in [1.807, 2.05) is 30.3 Å². The Morgan fingerprint density at radius 3 is 2.69 bits per heavy atom. The summed E-state index contributed by atoms with van der Waals surface area (Å²) in [5, 5.41) is 8.01. The lowest BCUT2D eigenvalue weighted by molar-refractivity contribution is 0.0934. The molecule has 0 aromatic heterocycles. The Morgan fingerprint density at radius 2 is 1.88 bits per heavy atom. The van der Waals surface area contributed by atoms with Crippen LogP contribution in [0.3, 0.4) is 0 Å². The quantitative estimate of drug-likeness (QED) is 0.679. The molecule has 1 unspecified atom stereocenters. The van der Waals surface area contributed by atoms with Gasteiger partial charge in [-0.1, -0.05) is 36.4 Å². The molecule has 3 aromatic rings. The summed E-state index contributed by atoms with van der Waals surface area (Å²) in [6.45, 7) is 0.759. The van der Waals surface area contributed by atoms with Crippen molar-refractivity contribution >= 4 is 22.6 Å². The van der Waals surface area contributed by atoms with Crippen LogP contribution in [0, 0.1) is 0 Å². The number of rotatable bonds is 4. The van der Waals surface area contributed by atoms with E-state index in [0.29, 0.717) is 24.2 Å². The first kappa shape index (κ1) is 16.3. The molecule has 4 N–H and O–H groups in total. The van der Waals surface area contributed by atoms with Crippen molar-refractivity contribution in [2.75, 3.05) is 6.54 Å². The summed E-state index contributed by atoms with van der Waals surface area (Å²) in [5.41, 5.74) is 8.89. The smallest absolute Gasteiger partial charge is 0.251 e. The number of nitrogens with two attached hydrogens (primary N) is 1. The van der Waals surface area contributed by atoms with Gasteiger partial charge in [0.05, 0.1) is 6.04 Å². The molecule has 1 aliphatic rings. The molecule has 2 amide bonds. The molecule has 1 heterocycles. The Hall–Kier alpha value is -3.18. The Balaban J connectivity index is 1.57. The SMILES string of the molecule is NCC(NC(=O)c1ccc2c(c1)CNC2=O)c1ccc2ccccc2c1. The lowest BCUT2D eigenvalue weighted by Gasteiger charge is -2.18. The first-order chi connectivity index (χ1) is 12.7. The number of hydrogen-bond donors (Lipinski definition) is 3. The minimum Gasteiger partial charge on any atom is -0.348 e. The zero-order valence-corrected chi connectivity index (χ0v) is 14.2. The first-order valence-corrected chi connectivity index (χ1v) is 8.56. The van der Waals surface area contributed by atoms with Gasteiger partial charge in [0.15, 0.2) is 0 Å². The van der Waals surface area contributed by atoms with Crippen LogP contribution in [-0.4, -0.2) is 18.4 Å². The number of benzene rings is 3. The van der Waals surface area contributed by atoms with Crippen LogP contribution in [0.4, 0.5) is 0 Å². The zero-order chi connectivity index (χ0) is 18.1. The van der Waals surface area contributed by atoms with Gasteiger partial charge in [0.2, 0.25) is 0 Å². The second kappa shape index (κ2) is 6.61. The second-order valence-corrected chi connectivity index (χ2v) is 6.42. The predicted molar refractivity (Wildman–Crippen MR) is 101 cm³/mol. The zero-order valence-electron chi connectivity index (χ0n) is 14.2. The molecule has 0 fully saturated rings. The van der Waals surface area contributed by atoms with Gasteiger partial charge in [0, 0.05) is 24.2 Å². The molecule has 1 aliphatic heterocycles. The van der Waals surface area contributed by atoms with Gasteiger partial charge in [-0.25, -0.2) is 0 Å². The van der Waals surface area contributed by atoms with E-state index < -0.39 is 0 Å². The molecular formula is C21H19N3O2. The fraction of sp³-hybridized carbons (Fsp3) is 0.143. The Labute approximate surface area is 151 Å². The highest BCUT2D eigenvalue weighted by Gasteiger charge is 2.21. The van der Waals surface area contributed by atoms with E-state index in [4.69, 9.17) is 5.73 Å². The number of fused-ring (bicyclic) bond motifs is 2. The highest BCUT2D eigenvalue weighted by molar-refractivity contribution is 6.01. The summed E-state index contributed by atoms with van der Waals surface area (Å²) in [6.07, 6.45) is 0. The van der Waals surface area contributed by atoms with E-state index >= 15 is 0 Å². The molecule has 0 radical (unpaired) electrons. The fourth-order valence-electron chi connectivity index (χ4n) is 3.32. The Morgan fingerprint density at radius 1 is 1.08 bits per heavy atom. The van der Waals surface area contributed by atoms with Crippen molar-refractivity contribution in [1.82, 2.24) is 10.6 Å². The van der Waals surface area contributed by atoms with Crippen molar-refractivity contribution in [3.8, 4) is 0 Å². The standard InChI is InChI=1S/C21H19N3O2/c22-11-19(15-6-5-13-3-1-2-4-14(13)9-15)24-20(25)16-7-8-18-17(10-16)12-23-21(18)26/h1-10,19H,11-12,22H2,(H,23,26)(H,24,25). The Bertz CT molecular complexity index is 1010. The summed E-state index contributed by atoms with van der Waals surface area (Å²) in [4.78, 5) is 24.3. The monoisotopic (exact) mass is 345 g/mol. The van der Waals surface area contributed by atoms with Crippen LogP contribution in [-0.2, 0) is 6.54 Å². The second-order valence-electron chi connectivity index (χ2n) is 6.42. The number of carbonyl (C=O) groups is 2. The van der Waals surface area contributed by atoms with Gasteiger partial charge in [-0.15, -0.1) is 0 Å². The van der Waals surface area contributed by atoms with E-state index in [-0.39, 0.29) is 17.9 Å². The molecule has 0 spiro atoms. The summed E-state index contributed by atoms with van der Waals surface area (Å²) in [7, 11) is 0. The van der Waals surface area contributed by atoms with Gasteiger partial charge >= 0.3 is 0 Å². The lowest BCUT2D eigenvalue weighted by atomic mass is 10.0. The summed E-state index contributed by atoms with van der Waals surface area (Å²) < 4.78 is 0. The number of nitrogens with one attached hydrogen (secondary N) is 2. The van der Waals surface area contributed by atoms with Crippen LogP contribution < -0.4 is 16.4 Å². The van der Waals surface area contributed by atoms with E-state index in [9.17, 15) is 9.59 Å². The van der Waals surface area contributed by atoms with Crippen LogP contribution >= 0.6 is 0 Å². The summed E-state index contributed by atoms with van der Waals surface area (Å²) in [5.74, 6) is -0.293. The van der Waals surface area contributed by atoms with Gasteiger partial charge < -0.3 is 16.4 Å². The van der Waals surface area contributed by atoms with Gasteiger partial charge in [-0.05, 0) is 46.2 Å². The molecule has 5 nitrogen and oxygen atoms in total. The summed E-state index contributed by atoms with van der Waals surface area (Å²) in [6, 6.07) is 19.0. The van der Waals surface area contributed by atoms with Crippen LogP contribution in [0.1, 0.15) is 37.9 Å². The average molecular weight is 345 g/mol. The highest BCUT2D eigenvalue weighted by Crippen LogP contribution is 2.21. The normalized spacial score (nSPS) is 14.0. The molecular weight excluding hydrogens is 326 g/mol. The van der Waals surface area contributed by atoms with Gasteiger partial charge in [-0.3, -0.25) is 9.59 Å². The van der Waals surface area contributed by atoms with E-state index in [0.717, 1.165) is 21.9 Å². The fourth-order valence-corrected chi connectivity index (χ4v) is 3.32. The molecule has 130 valence electrons. The van der Waals surface area contributed by atoms with Crippen molar-refractivity contribution in [2.24, 2.45) is 5.73 Å². The Kier molecular flexibility index (Phi) is 4.14. The van der Waals surface area contributed by atoms with E-state index in [1.165, 1.54) is 0 Å². The third-order valence-corrected chi connectivity index (χ3v) is 4.77. The molecule has 1 atom stereocenters. The lowest BCUT2D eigenvalue weighted by Crippen LogP contribution is -2.33. The first-order valence-electron chi connectivity index (χ1n) is 8.56. The molecule has 26 heavy (non-hydrogen) atoms. The molecule has 4 rings (SSSR count). The molecule has 0 saturated carbocycles. The van der Waals surface area contributed by atoms with Crippen molar-refractivity contribution in [3.63, 3.8) is 0 Å². The van der Waals surface area contributed by atoms with E-state index in [2.05, 4.69) is 22.8 Å². The topological polar surface area (TPSA) is 84.2 Å².